The first-order valence-electron chi connectivity index (χ1n) is 7.25. The molecule has 1 aliphatic rings. The number of halogens is 2. The Balaban J connectivity index is 1.85. The lowest BCUT2D eigenvalue weighted by Gasteiger charge is -2.28. The second-order valence-electron chi connectivity index (χ2n) is 5.15. The van der Waals surface area contributed by atoms with Gasteiger partial charge in [-0.15, -0.1) is 0 Å². The topological polar surface area (TPSA) is 71.3 Å². The fraction of sp³-hybridized carbons (Fsp3) is 0.267. The van der Waals surface area contributed by atoms with Gasteiger partial charge >= 0.3 is 5.69 Å². The van der Waals surface area contributed by atoms with Crippen molar-refractivity contribution in [2.75, 3.05) is 34.8 Å². The number of nitro groups is 1. The van der Waals surface area contributed by atoms with Crippen molar-refractivity contribution in [2.45, 2.75) is 0 Å². The van der Waals surface area contributed by atoms with Crippen molar-refractivity contribution in [3.05, 3.63) is 51.4 Å². The van der Waals surface area contributed by atoms with E-state index in [9.17, 15) is 14.5 Å². The average Bonchev–Trinajstić information content (AvgIpc) is 2.55. The minimum atomic E-state index is -0.568. The summed E-state index contributed by atoms with van der Waals surface area (Å²) in [6, 6.07) is 7.25. The molecular weight excluding hydrogens is 355 g/mol. The van der Waals surface area contributed by atoms with E-state index in [4.69, 9.17) is 11.6 Å². The molecule has 1 aromatic heterocycles. The number of hydrogen-bond acceptors (Lipinski definition) is 6. The van der Waals surface area contributed by atoms with Crippen molar-refractivity contribution in [2.24, 2.45) is 0 Å². The van der Waals surface area contributed by atoms with Crippen LogP contribution in [-0.2, 0) is 0 Å². The maximum Gasteiger partial charge on any atom is 0.311 e. The van der Waals surface area contributed by atoms with E-state index in [2.05, 4.69) is 10.3 Å². The summed E-state index contributed by atoms with van der Waals surface area (Å²) < 4.78 is 14.4. The molecule has 6 nitrogen and oxygen atoms in total. The third-order valence-electron chi connectivity index (χ3n) is 3.60. The molecule has 1 aliphatic heterocycles. The molecule has 2 aromatic rings. The fourth-order valence-electron chi connectivity index (χ4n) is 2.45. The molecule has 9 heteroatoms. The Bertz CT molecular complexity index is 771. The normalized spacial score (nSPS) is 14.5. The molecule has 2 heterocycles. The quantitative estimate of drug-likeness (QED) is 0.498. The van der Waals surface area contributed by atoms with Crippen LogP contribution in [-0.4, -0.2) is 34.5 Å². The van der Waals surface area contributed by atoms with E-state index in [1.165, 1.54) is 18.2 Å². The number of nitrogens with zero attached hydrogens (tertiary/aromatic N) is 3. The van der Waals surface area contributed by atoms with Gasteiger partial charge in [0.1, 0.15) is 11.0 Å². The summed E-state index contributed by atoms with van der Waals surface area (Å²) >= 11 is 7.64. The van der Waals surface area contributed by atoms with Crippen molar-refractivity contribution in [1.82, 2.24) is 4.98 Å². The van der Waals surface area contributed by atoms with E-state index in [0.717, 1.165) is 24.6 Å². The molecule has 1 aromatic carbocycles. The summed E-state index contributed by atoms with van der Waals surface area (Å²) in [5.74, 6) is 1.54. The Morgan fingerprint density at radius 3 is 2.71 bits per heavy atom. The van der Waals surface area contributed by atoms with E-state index in [1.54, 1.807) is 12.1 Å². The Hall–Kier alpha value is -2.06. The Morgan fingerprint density at radius 2 is 2.04 bits per heavy atom. The minimum Gasteiger partial charge on any atom is -0.368 e. The van der Waals surface area contributed by atoms with Crippen molar-refractivity contribution < 1.29 is 9.31 Å². The second kappa shape index (κ2) is 7.23. The molecule has 1 saturated heterocycles. The summed E-state index contributed by atoms with van der Waals surface area (Å²) in [7, 11) is 0. The molecule has 0 atom stereocenters. The first-order valence-corrected chi connectivity index (χ1v) is 8.78. The molecule has 3 rings (SSSR count). The SMILES string of the molecule is O=[N+]([O-])c1ccc(Cl)nc1Nc1ccc(N2CCSCC2)c(F)c1. The first kappa shape index (κ1) is 16.8. The smallest absolute Gasteiger partial charge is 0.311 e. The van der Waals surface area contributed by atoms with Crippen LogP contribution >= 0.6 is 23.4 Å². The minimum absolute atomic E-state index is 0.0194. The van der Waals surface area contributed by atoms with Crippen molar-refractivity contribution in [1.29, 1.82) is 0 Å². The zero-order valence-electron chi connectivity index (χ0n) is 12.5. The van der Waals surface area contributed by atoms with Gasteiger partial charge in [0.15, 0.2) is 0 Å². The van der Waals surface area contributed by atoms with Gasteiger partial charge in [-0.25, -0.2) is 9.37 Å². The molecule has 0 bridgehead atoms. The largest absolute Gasteiger partial charge is 0.368 e. The van der Waals surface area contributed by atoms with Gasteiger partial charge in [-0.1, -0.05) is 11.6 Å². The highest BCUT2D eigenvalue weighted by atomic mass is 35.5. The van der Waals surface area contributed by atoms with Crippen LogP contribution in [0.15, 0.2) is 30.3 Å². The maximum atomic E-state index is 14.4. The van der Waals surface area contributed by atoms with Gasteiger partial charge < -0.3 is 10.2 Å². The van der Waals surface area contributed by atoms with Crippen LogP contribution in [0, 0.1) is 15.9 Å². The molecule has 0 spiro atoms. The van der Waals surface area contributed by atoms with Crippen LogP contribution in [0.2, 0.25) is 5.15 Å². The maximum absolute atomic E-state index is 14.4. The van der Waals surface area contributed by atoms with Crippen LogP contribution in [0.5, 0.6) is 0 Å². The molecule has 0 saturated carbocycles. The summed E-state index contributed by atoms with van der Waals surface area (Å²) in [5.41, 5.74) is 0.687. The molecule has 0 radical (unpaired) electrons. The Morgan fingerprint density at radius 1 is 1.29 bits per heavy atom. The highest BCUT2D eigenvalue weighted by Gasteiger charge is 2.18. The lowest BCUT2D eigenvalue weighted by atomic mass is 10.2. The predicted octanol–water partition coefficient (Wildman–Crippen LogP) is 4.08. The van der Waals surface area contributed by atoms with Gasteiger partial charge in [-0.3, -0.25) is 10.1 Å². The summed E-state index contributed by atoms with van der Waals surface area (Å²) in [6.07, 6.45) is 0. The van der Waals surface area contributed by atoms with Gasteiger partial charge in [-0.05, 0) is 24.3 Å². The summed E-state index contributed by atoms with van der Waals surface area (Å²) in [6.45, 7) is 1.60. The zero-order chi connectivity index (χ0) is 17.1. The molecule has 1 N–H and O–H groups in total. The van der Waals surface area contributed by atoms with Gasteiger partial charge in [0, 0.05) is 36.3 Å². The Kier molecular flexibility index (Phi) is 5.06. The number of pyridine rings is 1. The number of anilines is 3. The third kappa shape index (κ3) is 3.70. The molecule has 0 amide bonds. The van der Waals surface area contributed by atoms with E-state index >= 15 is 0 Å². The highest BCUT2D eigenvalue weighted by molar-refractivity contribution is 7.99. The van der Waals surface area contributed by atoms with Gasteiger partial charge in [0.05, 0.1) is 10.6 Å². The zero-order valence-corrected chi connectivity index (χ0v) is 14.1. The molecule has 0 unspecified atom stereocenters. The van der Waals surface area contributed by atoms with Gasteiger partial charge in [0.25, 0.3) is 0 Å². The number of thioether (sulfide) groups is 1. The number of hydrogen-bond donors (Lipinski definition) is 1. The fourth-order valence-corrected chi connectivity index (χ4v) is 3.50. The van der Waals surface area contributed by atoms with E-state index in [-0.39, 0.29) is 22.5 Å². The summed E-state index contributed by atoms with van der Waals surface area (Å²) in [4.78, 5) is 16.4. The van der Waals surface area contributed by atoms with Gasteiger partial charge in [-0.2, -0.15) is 11.8 Å². The van der Waals surface area contributed by atoms with Crippen molar-refractivity contribution >= 4 is 46.2 Å². The second-order valence-corrected chi connectivity index (χ2v) is 6.76. The third-order valence-corrected chi connectivity index (χ3v) is 4.75. The standard InChI is InChI=1S/C15H14ClFN4O2S/c16-14-4-3-13(21(22)23)15(19-14)18-10-1-2-12(11(17)9-10)20-5-7-24-8-6-20/h1-4,9H,5-8H2,(H,18,19). The lowest BCUT2D eigenvalue weighted by molar-refractivity contribution is -0.384. The molecular formula is C15H14ClFN4O2S. The molecule has 0 aliphatic carbocycles. The van der Waals surface area contributed by atoms with Crippen molar-refractivity contribution in [3.63, 3.8) is 0 Å². The van der Waals surface area contributed by atoms with E-state index in [0.29, 0.717) is 11.4 Å². The van der Waals surface area contributed by atoms with E-state index < -0.39 is 4.92 Å². The summed E-state index contributed by atoms with van der Waals surface area (Å²) in [5, 5.41) is 13.9. The first-order chi connectivity index (χ1) is 11.5. The van der Waals surface area contributed by atoms with Crippen LogP contribution in [0.3, 0.4) is 0 Å². The average molecular weight is 369 g/mol. The lowest BCUT2D eigenvalue weighted by Crippen LogP contribution is -2.33. The number of benzene rings is 1. The van der Waals surface area contributed by atoms with E-state index in [1.807, 2.05) is 16.7 Å². The highest BCUT2D eigenvalue weighted by Crippen LogP contribution is 2.30. The number of rotatable bonds is 4. The molecule has 126 valence electrons. The van der Waals surface area contributed by atoms with Crippen LogP contribution in [0.1, 0.15) is 0 Å². The van der Waals surface area contributed by atoms with Gasteiger partial charge in [0.2, 0.25) is 5.82 Å². The molecule has 1 fully saturated rings. The number of nitrogens with one attached hydrogen (secondary N) is 1. The van der Waals surface area contributed by atoms with Crippen LogP contribution in [0.25, 0.3) is 0 Å². The Labute approximate surface area is 147 Å². The monoisotopic (exact) mass is 368 g/mol. The number of aromatic nitrogens is 1. The molecule has 24 heavy (non-hydrogen) atoms. The van der Waals surface area contributed by atoms with Crippen LogP contribution < -0.4 is 10.2 Å². The predicted molar refractivity (Wildman–Crippen MR) is 95.1 cm³/mol. The van der Waals surface area contributed by atoms with Crippen molar-refractivity contribution in [3.8, 4) is 0 Å². The van der Waals surface area contributed by atoms with Crippen LogP contribution in [0.4, 0.5) is 27.3 Å².